The van der Waals surface area contributed by atoms with Crippen LogP contribution in [-0.2, 0) is 9.59 Å². The molecule has 2 amide bonds. The van der Waals surface area contributed by atoms with Gasteiger partial charge in [-0.15, -0.1) is 0 Å². The molecule has 2 atom stereocenters. The molecule has 204 valence electrons. The Bertz CT molecular complexity index is 1390. The Morgan fingerprint density at radius 1 is 1.00 bits per heavy atom. The number of halogens is 2. The average molecular weight is 569 g/mol. The third-order valence-electron chi connectivity index (χ3n) is 6.87. The van der Waals surface area contributed by atoms with Gasteiger partial charge in [0.1, 0.15) is 12.4 Å². The Morgan fingerprint density at radius 2 is 1.62 bits per heavy atom. The predicted molar refractivity (Wildman–Crippen MR) is 153 cm³/mol. The maximum Gasteiger partial charge on any atom is 0.312 e. The van der Waals surface area contributed by atoms with Crippen LogP contribution in [0.25, 0.3) is 0 Å². The molecule has 0 saturated carbocycles. The van der Waals surface area contributed by atoms with Crippen LogP contribution in [0.4, 0.5) is 11.4 Å². The highest BCUT2D eigenvalue weighted by Crippen LogP contribution is 2.44. The highest BCUT2D eigenvalue weighted by atomic mass is 35.5. The quantitative estimate of drug-likeness (QED) is 0.331. The summed E-state index contributed by atoms with van der Waals surface area (Å²) in [4.78, 5) is 41.4. The molecule has 3 aromatic rings. The second-order valence-electron chi connectivity index (χ2n) is 10.3. The molecule has 0 bridgehead atoms. The number of carbonyl (C=O) groups excluding carboxylic acids is 2. The van der Waals surface area contributed by atoms with Crippen molar-refractivity contribution >= 4 is 52.4 Å². The lowest BCUT2D eigenvalue weighted by Crippen LogP contribution is -2.47. The Morgan fingerprint density at radius 3 is 2.21 bits per heavy atom. The number of carboxylic acids is 1. The van der Waals surface area contributed by atoms with E-state index < -0.39 is 11.4 Å². The van der Waals surface area contributed by atoms with Crippen LogP contribution >= 0.6 is 23.2 Å². The van der Waals surface area contributed by atoms with Crippen molar-refractivity contribution in [2.24, 2.45) is 5.41 Å². The molecule has 1 aliphatic rings. The summed E-state index contributed by atoms with van der Waals surface area (Å²) in [5.74, 6) is -0.825. The summed E-state index contributed by atoms with van der Waals surface area (Å²) in [5, 5.41) is 10.4. The van der Waals surface area contributed by atoms with Gasteiger partial charge in [0.05, 0.1) is 11.5 Å². The summed E-state index contributed by atoms with van der Waals surface area (Å²) in [6.07, 6.45) is 0.493. The third kappa shape index (κ3) is 6.05. The van der Waals surface area contributed by atoms with Crippen molar-refractivity contribution in [3.63, 3.8) is 0 Å². The number of carboxylic acid groups (broad SMARTS) is 1. The number of amides is 2. The van der Waals surface area contributed by atoms with Crippen molar-refractivity contribution in [3.05, 3.63) is 87.9 Å². The van der Waals surface area contributed by atoms with Gasteiger partial charge < -0.3 is 19.6 Å². The molecule has 3 aromatic carbocycles. The number of anilines is 2. The molecule has 0 spiro atoms. The molecule has 39 heavy (non-hydrogen) atoms. The second-order valence-corrected chi connectivity index (χ2v) is 11.2. The van der Waals surface area contributed by atoms with Crippen LogP contribution in [0.5, 0.6) is 5.75 Å². The Kier molecular flexibility index (Phi) is 8.23. The van der Waals surface area contributed by atoms with E-state index in [1.54, 1.807) is 84.3 Å². The highest BCUT2D eigenvalue weighted by Gasteiger charge is 2.38. The number of carbonyl (C=O) groups is 3. The summed E-state index contributed by atoms with van der Waals surface area (Å²) < 4.78 is 5.65. The van der Waals surface area contributed by atoms with Gasteiger partial charge in [0.2, 0.25) is 5.91 Å². The summed E-state index contributed by atoms with van der Waals surface area (Å²) >= 11 is 12.5. The lowest BCUT2D eigenvalue weighted by Gasteiger charge is -2.43. The molecule has 9 heteroatoms. The first-order valence-electron chi connectivity index (χ1n) is 12.5. The predicted octanol–water partition coefficient (Wildman–Crippen LogP) is 7.02. The van der Waals surface area contributed by atoms with Crippen molar-refractivity contribution in [2.75, 3.05) is 16.4 Å². The van der Waals surface area contributed by atoms with E-state index in [4.69, 9.17) is 27.9 Å². The number of fused-ring (bicyclic) bond motifs is 1. The molecule has 4 rings (SSSR count). The average Bonchev–Trinajstić information content (AvgIpc) is 2.89. The van der Waals surface area contributed by atoms with E-state index in [1.165, 1.54) is 6.92 Å². The van der Waals surface area contributed by atoms with Gasteiger partial charge in [-0.1, -0.05) is 23.2 Å². The maximum atomic E-state index is 13.8. The number of hydrogen-bond donors (Lipinski definition) is 1. The molecular formula is C30H30Cl2N2O5. The van der Waals surface area contributed by atoms with Gasteiger partial charge in [-0.3, -0.25) is 14.4 Å². The molecule has 0 saturated heterocycles. The smallest absolute Gasteiger partial charge is 0.312 e. The lowest BCUT2D eigenvalue weighted by atomic mass is 9.89. The molecule has 1 aliphatic heterocycles. The van der Waals surface area contributed by atoms with E-state index in [1.807, 2.05) is 13.0 Å². The molecule has 0 aliphatic carbocycles. The summed E-state index contributed by atoms with van der Waals surface area (Å²) in [7, 11) is 0. The second kappa shape index (κ2) is 11.3. The fraction of sp³-hybridized carbons (Fsp3) is 0.300. The first-order chi connectivity index (χ1) is 18.4. The number of hydrogen-bond acceptors (Lipinski definition) is 4. The van der Waals surface area contributed by atoms with Crippen LogP contribution < -0.4 is 14.5 Å². The minimum atomic E-state index is -1.04. The van der Waals surface area contributed by atoms with Crippen LogP contribution in [0.2, 0.25) is 10.0 Å². The molecule has 0 aromatic heterocycles. The number of ether oxygens (including phenoxy) is 1. The molecule has 0 fully saturated rings. The van der Waals surface area contributed by atoms with Crippen molar-refractivity contribution < 1.29 is 24.2 Å². The molecular weight excluding hydrogens is 539 g/mol. The van der Waals surface area contributed by atoms with E-state index in [0.717, 1.165) is 5.56 Å². The minimum absolute atomic E-state index is 0.00538. The molecule has 0 unspecified atom stereocenters. The summed E-state index contributed by atoms with van der Waals surface area (Å²) in [6, 6.07) is 18.5. The fourth-order valence-electron chi connectivity index (χ4n) is 4.70. The number of benzene rings is 3. The molecule has 1 N–H and O–H groups in total. The van der Waals surface area contributed by atoms with E-state index in [2.05, 4.69) is 0 Å². The zero-order valence-electron chi connectivity index (χ0n) is 22.2. The Labute approximate surface area is 237 Å². The highest BCUT2D eigenvalue weighted by molar-refractivity contribution is 6.31. The van der Waals surface area contributed by atoms with E-state index >= 15 is 0 Å². The molecule has 0 radical (unpaired) electrons. The first-order valence-corrected chi connectivity index (χ1v) is 13.3. The lowest BCUT2D eigenvalue weighted by molar-refractivity contribution is -0.148. The van der Waals surface area contributed by atoms with E-state index in [9.17, 15) is 19.5 Å². The van der Waals surface area contributed by atoms with E-state index in [-0.39, 0.29) is 30.5 Å². The topological polar surface area (TPSA) is 87.2 Å². The van der Waals surface area contributed by atoms with Gasteiger partial charge in [0.15, 0.2) is 0 Å². The SMILES string of the molecule is CC(=O)N(c1ccc(Cl)cc1)[C@@H]1C[C@H](C)N(C(=O)c2ccc(OCC(C)(C)C(=O)O)cc2)c2ccc(Cl)cc21. The summed E-state index contributed by atoms with van der Waals surface area (Å²) in [6.45, 7) is 6.63. The van der Waals surface area contributed by atoms with Gasteiger partial charge >= 0.3 is 5.97 Å². The van der Waals surface area contributed by atoms with Gasteiger partial charge in [-0.25, -0.2) is 0 Å². The van der Waals surface area contributed by atoms with Gasteiger partial charge in [0, 0.05) is 45.5 Å². The number of aliphatic carboxylic acids is 1. The molecule has 1 heterocycles. The van der Waals surface area contributed by atoms with Gasteiger partial charge in [-0.2, -0.15) is 0 Å². The maximum absolute atomic E-state index is 13.8. The van der Waals surface area contributed by atoms with Crippen molar-refractivity contribution in [1.29, 1.82) is 0 Å². The van der Waals surface area contributed by atoms with Crippen LogP contribution in [0.3, 0.4) is 0 Å². The third-order valence-corrected chi connectivity index (χ3v) is 7.35. The number of rotatable bonds is 7. The van der Waals surface area contributed by atoms with Crippen molar-refractivity contribution in [1.82, 2.24) is 0 Å². The minimum Gasteiger partial charge on any atom is -0.492 e. The van der Waals surface area contributed by atoms with Crippen LogP contribution in [0.1, 0.15) is 56.1 Å². The Balaban J connectivity index is 1.65. The number of nitrogens with zero attached hydrogens (tertiary/aromatic N) is 2. The Hall–Kier alpha value is -3.55. The van der Waals surface area contributed by atoms with Crippen LogP contribution in [-0.4, -0.2) is 35.5 Å². The first kappa shape index (κ1) is 28.5. The molecule has 7 nitrogen and oxygen atoms in total. The zero-order chi connectivity index (χ0) is 28.5. The zero-order valence-corrected chi connectivity index (χ0v) is 23.7. The van der Waals surface area contributed by atoms with E-state index in [0.29, 0.717) is 39.2 Å². The summed E-state index contributed by atoms with van der Waals surface area (Å²) in [5.41, 5.74) is 1.56. The van der Waals surface area contributed by atoms with Crippen LogP contribution in [0, 0.1) is 5.41 Å². The normalized spacial score (nSPS) is 16.8. The monoisotopic (exact) mass is 568 g/mol. The largest absolute Gasteiger partial charge is 0.492 e. The van der Waals surface area contributed by atoms with Crippen LogP contribution in [0.15, 0.2) is 66.7 Å². The van der Waals surface area contributed by atoms with Gasteiger partial charge in [0.25, 0.3) is 5.91 Å². The van der Waals surface area contributed by atoms with Crippen molar-refractivity contribution in [2.45, 2.75) is 46.2 Å². The van der Waals surface area contributed by atoms with Crippen molar-refractivity contribution in [3.8, 4) is 5.75 Å². The standard InChI is InChI=1S/C30H30Cl2N2O5/c1-18-15-27(34(19(2)35)23-10-7-21(31)8-11-23)25-16-22(32)9-14-26(25)33(18)28(36)20-5-12-24(13-6-20)39-17-30(3,4)29(37)38/h5-14,16,18,27H,15,17H2,1-4H3,(H,37,38)/t18-,27+/m0/s1. The fourth-order valence-corrected chi connectivity index (χ4v) is 5.01. The van der Waals surface area contributed by atoms with Gasteiger partial charge in [-0.05, 0) is 93.9 Å².